The van der Waals surface area contributed by atoms with Gasteiger partial charge in [-0.2, -0.15) is 0 Å². The molecule has 2 saturated carbocycles. The van der Waals surface area contributed by atoms with Crippen LogP contribution in [0, 0.1) is 0 Å². The van der Waals surface area contributed by atoms with Crippen LogP contribution in [-0.2, 0) is 14.3 Å². The van der Waals surface area contributed by atoms with Crippen LogP contribution in [0.4, 0.5) is 9.59 Å². The van der Waals surface area contributed by atoms with E-state index in [2.05, 4.69) is 10.6 Å². The van der Waals surface area contributed by atoms with Crippen molar-refractivity contribution in [3.8, 4) is 0 Å². The summed E-state index contributed by atoms with van der Waals surface area (Å²) in [4.78, 5) is 33.5. The van der Waals surface area contributed by atoms with Crippen molar-refractivity contribution in [1.29, 1.82) is 0 Å². The third-order valence-electron chi connectivity index (χ3n) is 4.15. The van der Waals surface area contributed by atoms with Crippen molar-refractivity contribution in [2.24, 2.45) is 0 Å². The Morgan fingerprint density at radius 2 is 1.26 bits per heavy atom. The molecule has 3 N–H and O–H groups in total. The Morgan fingerprint density at radius 1 is 0.935 bits per heavy atom. The standard InChI is InChI=1S/C10H19NO3.C10H17NO3.CH4.B.Na.H/c2*1-9(2,3)14-8(13)11-10(4)5-7(12)6-10;;;;/h7,12H,5-6H2,1-4H3,(H,11,13);5-6H2,1-4H3,(H,11,13);1H4;;;/q;;;;+1;-1. The minimum absolute atomic E-state index is 0. The van der Waals surface area contributed by atoms with Gasteiger partial charge in [-0.05, 0) is 68.2 Å². The fourth-order valence-corrected chi connectivity index (χ4v) is 3.09. The summed E-state index contributed by atoms with van der Waals surface area (Å²) in [5.41, 5.74) is -1.64. The number of aliphatic hydroxyl groups excluding tert-OH is 1. The first kappa shape index (κ1) is 34.8. The van der Waals surface area contributed by atoms with Gasteiger partial charge in [0.1, 0.15) is 17.0 Å². The van der Waals surface area contributed by atoms with Gasteiger partial charge in [0.2, 0.25) is 0 Å². The number of alkyl carbamates (subject to hydrolysis) is 2. The van der Waals surface area contributed by atoms with Crippen molar-refractivity contribution < 1.29 is 59.9 Å². The zero-order valence-corrected chi connectivity index (χ0v) is 22.0. The number of hydrogen-bond acceptors (Lipinski definition) is 6. The van der Waals surface area contributed by atoms with E-state index in [1.807, 2.05) is 34.6 Å². The van der Waals surface area contributed by atoms with Gasteiger partial charge in [-0.25, -0.2) is 9.59 Å². The van der Waals surface area contributed by atoms with Crippen molar-refractivity contribution >= 4 is 26.4 Å². The van der Waals surface area contributed by atoms with Gasteiger partial charge < -0.3 is 26.6 Å². The molecule has 0 aromatic rings. The Bertz CT molecular complexity index is 608. The molecule has 2 rings (SSSR count). The second kappa shape index (κ2) is 12.5. The molecule has 0 aromatic heterocycles. The van der Waals surface area contributed by atoms with Crippen molar-refractivity contribution in [3.05, 3.63) is 0 Å². The molecular weight excluding hydrogens is 410 g/mol. The van der Waals surface area contributed by atoms with Gasteiger partial charge in [0, 0.05) is 26.8 Å². The number of carbonyl (C=O) groups excluding carboxylic acids is 3. The van der Waals surface area contributed by atoms with Gasteiger partial charge in [0.25, 0.3) is 0 Å². The van der Waals surface area contributed by atoms with Crippen molar-refractivity contribution in [2.45, 2.75) is 117 Å². The molecule has 3 radical (unpaired) electrons. The average Bonchev–Trinajstić information content (AvgIpc) is 2.29. The van der Waals surface area contributed by atoms with Gasteiger partial charge in [0.15, 0.2) is 0 Å². The molecule has 31 heavy (non-hydrogen) atoms. The zero-order valence-electron chi connectivity index (χ0n) is 21.0. The van der Waals surface area contributed by atoms with Crippen LogP contribution in [0.15, 0.2) is 0 Å². The number of rotatable bonds is 2. The van der Waals surface area contributed by atoms with Crippen LogP contribution in [0.3, 0.4) is 0 Å². The number of Topliss-reactive ketones (excluding diaryl/α,β-unsaturated/α-hetero) is 1. The zero-order chi connectivity index (χ0) is 22.0. The van der Waals surface area contributed by atoms with Gasteiger partial charge in [-0.3, -0.25) is 4.79 Å². The molecular formula is C21H41BN2NaO6. The van der Waals surface area contributed by atoms with Gasteiger partial charge in [-0.15, -0.1) is 0 Å². The maximum absolute atomic E-state index is 11.4. The molecule has 0 heterocycles. The topological polar surface area (TPSA) is 114 Å². The molecule has 0 aromatic carbocycles. The smallest absolute Gasteiger partial charge is 1.00 e. The summed E-state index contributed by atoms with van der Waals surface area (Å²) in [5.74, 6) is 0.184. The van der Waals surface area contributed by atoms with Crippen molar-refractivity contribution in [1.82, 2.24) is 10.6 Å². The predicted octanol–water partition coefficient (Wildman–Crippen LogP) is 0.429. The monoisotopic (exact) mass is 451 g/mol. The first-order chi connectivity index (χ1) is 12.4. The normalized spacial score (nSPS) is 23.4. The first-order valence-corrected chi connectivity index (χ1v) is 9.62. The molecule has 2 amide bonds. The summed E-state index contributed by atoms with van der Waals surface area (Å²) in [6.45, 7) is 14.6. The molecule has 0 aliphatic heterocycles. The molecule has 8 nitrogen and oxygen atoms in total. The Labute approximate surface area is 213 Å². The van der Waals surface area contributed by atoms with Gasteiger partial charge in [-0.1, -0.05) is 7.43 Å². The Kier molecular flexibility index (Phi) is 14.0. The Morgan fingerprint density at radius 3 is 1.52 bits per heavy atom. The minimum atomic E-state index is -0.492. The van der Waals surface area contributed by atoms with Crippen LogP contribution < -0.4 is 40.2 Å². The van der Waals surface area contributed by atoms with Gasteiger partial charge in [0.05, 0.1) is 11.6 Å². The Balaban J connectivity index is -0.000000218. The Hall–Kier alpha value is -0.765. The van der Waals surface area contributed by atoms with E-state index in [-0.39, 0.29) is 69.8 Å². The van der Waals surface area contributed by atoms with Crippen LogP contribution in [0.1, 0.15) is 89.9 Å². The average molecular weight is 451 g/mol. The van der Waals surface area contributed by atoms with Crippen molar-refractivity contribution in [3.63, 3.8) is 0 Å². The summed E-state index contributed by atoms with van der Waals surface area (Å²) in [7, 11) is 0. The fraction of sp³-hybridized carbons (Fsp3) is 0.857. The van der Waals surface area contributed by atoms with E-state index in [4.69, 9.17) is 14.6 Å². The van der Waals surface area contributed by atoms with E-state index in [1.54, 1.807) is 20.8 Å². The molecule has 2 aliphatic carbocycles. The molecule has 0 unspecified atom stereocenters. The van der Waals surface area contributed by atoms with E-state index in [0.29, 0.717) is 25.7 Å². The third-order valence-corrected chi connectivity index (χ3v) is 4.15. The second-order valence-electron chi connectivity index (χ2n) is 10.3. The maximum atomic E-state index is 11.4. The number of amides is 2. The molecule has 10 heteroatoms. The number of carbonyl (C=O) groups is 3. The van der Waals surface area contributed by atoms with E-state index < -0.39 is 23.4 Å². The maximum Gasteiger partial charge on any atom is 1.00 e. The molecule has 0 saturated heterocycles. The largest absolute Gasteiger partial charge is 1.00 e. The summed E-state index contributed by atoms with van der Waals surface area (Å²) in [6, 6.07) is 0. The molecule has 175 valence electrons. The molecule has 0 bridgehead atoms. The van der Waals surface area contributed by atoms with E-state index >= 15 is 0 Å². The van der Waals surface area contributed by atoms with Crippen LogP contribution in [0.5, 0.6) is 0 Å². The molecule has 0 spiro atoms. The number of nitrogens with one attached hydrogen (secondary N) is 2. The summed E-state index contributed by atoms with van der Waals surface area (Å²) in [6.07, 6.45) is 0.881. The number of aliphatic hydroxyl groups is 1. The molecule has 2 aliphatic rings. The second-order valence-corrected chi connectivity index (χ2v) is 10.3. The number of ketones is 1. The SMILES string of the molecule is C.CC1(NC(=O)OC(C)(C)C)CC(=O)C1.CC1(NC(=O)OC(C)(C)C)CC(O)C1.[B].[H-].[Na+]. The van der Waals surface area contributed by atoms with Crippen LogP contribution in [0.25, 0.3) is 0 Å². The van der Waals surface area contributed by atoms with E-state index in [9.17, 15) is 14.4 Å². The predicted molar refractivity (Wildman–Crippen MR) is 119 cm³/mol. The molecule has 2 fully saturated rings. The third kappa shape index (κ3) is 14.1. The van der Waals surface area contributed by atoms with Gasteiger partial charge >= 0.3 is 41.7 Å². The summed E-state index contributed by atoms with van der Waals surface area (Å²) in [5, 5.41) is 14.6. The van der Waals surface area contributed by atoms with Crippen LogP contribution in [0.2, 0.25) is 0 Å². The first-order valence-electron chi connectivity index (χ1n) is 9.62. The summed E-state index contributed by atoms with van der Waals surface area (Å²) < 4.78 is 10.2. The van der Waals surface area contributed by atoms with E-state index in [1.165, 1.54) is 0 Å². The van der Waals surface area contributed by atoms with Crippen molar-refractivity contribution in [2.75, 3.05) is 0 Å². The fourth-order valence-electron chi connectivity index (χ4n) is 3.09. The van der Waals surface area contributed by atoms with Crippen LogP contribution in [-0.4, -0.2) is 59.9 Å². The molecule has 0 atom stereocenters. The number of ether oxygens (including phenoxy) is 2. The minimum Gasteiger partial charge on any atom is -1.00 e. The van der Waals surface area contributed by atoms with E-state index in [0.717, 1.165) is 0 Å². The summed E-state index contributed by atoms with van der Waals surface area (Å²) >= 11 is 0. The number of hydrogen-bond donors (Lipinski definition) is 3. The van der Waals surface area contributed by atoms with Crippen LogP contribution >= 0.6 is 0 Å². The quantitative estimate of drug-likeness (QED) is 0.525.